The van der Waals surface area contributed by atoms with Gasteiger partial charge in [0, 0.05) is 11.0 Å². The Kier molecular flexibility index (Phi) is 5.43. The van der Waals surface area contributed by atoms with Gasteiger partial charge in [-0.15, -0.1) is 0 Å². The smallest absolute Gasteiger partial charge is 0.0961 e. The zero-order valence-electron chi connectivity index (χ0n) is 11.8. The highest BCUT2D eigenvalue weighted by Gasteiger charge is 2.27. The molecule has 2 rings (SSSR count). The molecule has 1 saturated carbocycles. The highest BCUT2D eigenvalue weighted by molar-refractivity contribution is 9.10. The van der Waals surface area contributed by atoms with Crippen LogP contribution in [-0.4, -0.2) is 12.6 Å². The number of benzene rings is 1. The summed E-state index contributed by atoms with van der Waals surface area (Å²) >= 11 is 3.59. The van der Waals surface area contributed by atoms with E-state index >= 15 is 0 Å². The monoisotopic (exact) mass is 325 g/mol. The van der Waals surface area contributed by atoms with Crippen molar-refractivity contribution in [1.29, 1.82) is 0 Å². The van der Waals surface area contributed by atoms with Crippen molar-refractivity contribution in [2.45, 2.75) is 45.3 Å². The molecular weight excluding hydrogens is 302 g/mol. The third-order valence-electron chi connectivity index (χ3n) is 4.37. The van der Waals surface area contributed by atoms with Crippen LogP contribution in [0.25, 0.3) is 0 Å². The third-order valence-corrected chi connectivity index (χ3v) is 5.10. The topological polar surface area (TPSA) is 35.2 Å². The van der Waals surface area contributed by atoms with E-state index in [1.807, 2.05) is 18.2 Å². The second-order valence-electron chi connectivity index (χ2n) is 5.77. The molecule has 0 spiro atoms. The molecule has 1 aliphatic carbocycles. The first-order chi connectivity index (χ1) is 9.11. The van der Waals surface area contributed by atoms with E-state index < -0.39 is 0 Å². The van der Waals surface area contributed by atoms with Gasteiger partial charge in [0.1, 0.15) is 0 Å². The first-order valence-electron chi connectivity index (χ1n) is 7.21. The van der Waals surface area contributed by atoms with Crippen molar-refractivity contribution >= 4 is 15.9 Å². The first kappa shape index (κ1) is 15.0. The van der Waals surface area contributed by atoms with E-state index in [-0.39, 0.29) is 6.10 Å². The number of ether oxygens (including phenoxy) is 1. The Labute approximate surface area is 124 Å². The minimum atomic E-state index is 0.00109. The summed E-state index contributed by atoms with van der Waals surface area (Å²) in [4.78, 5) is 0. The number of nitrogens with two attached hydrogens (primary N) is 1. The summed E-state index contributed by atoms with van der Waals surface area (Å²) in [5.74, 6) is 1.57. The van der Waals surface area contributed by atoms with Crippen molar-refractivity contribution in [2.75, 3.05) is 6.54 Å². The maximum absolute atomic E-state index is 6.27. The van der Waals surface area contributed by atoms with Gasteiger partial charge in [-0.3, -0.25) is 0 Å². The van der Waals surface area contributed by atoms with E-state index in [0.717, 1.165) is 34.7 Å². The van der Waals surface area contributed by atoms with Crippen molar-refractivity contribution in [3.63, 3.8) is 0 Å². The highest BCUT2D eigenvalue weighted by Crippen LogP contribution is 2.34. The van der Waals surface area contributed by atoms with Gasteiger partial charge in [0.2, 0.25) is 0 Å². The van der Waals surface area contributed by atoms with Gasteiger partial charge in [0.05, 0.1) is 12.2 Å². The molecule has 0 amide bonds. The number of hydrogen-bond acceptors (Lipinski definition) is 2. The predicted octanol–water partition coefficient (Wildman–Crippen LogP) is 4.29. The Bertz CT molecular complexity index is 409. The molecule has 1 aromatic carbocycles. The van der Waals surface area contributed by atoms with Crippen LogP contribution in [0.1, 0.15) is 44.8 Å². The molecule has 0 aliphatic heterocycles. The molecule has 1 fully saturated rings. The van der Waals surface area contributed by atoms with Gasteiger partial charge >= 0.3 is 0 Å². The SMILES string of the molecule is CC1CCC(OC(CN)c2ccccc2Br)CC1C. The largest absolute Gasteiger partial charge is 0.369 e. The van der Waals surface area contributed by atoms with Gasteiger partial charge < -0.3 is 10.5 Å². The van der Waals surface area contributed by atoms with Crippen LogP contribution in [0.3, 0.4) is 0 Å². The van der Waals surface area contributed by atoms with Crippen LogP contribution in [0.15, 0.2) is 28.7 Å². The summed E-state index contributed by atoms with van der Waals surface area (Å²) in [7, 11) is 0. The summed E-state index contributed by atoms with van der Waals surface area (Å²) in [5.41, 5.74) is 7.07. The van der Waals surface area contributed by atoms with Gasteiger partial charge in [0.25, 0.3) is 0 Å². The molecule has 1 aromatic rings. The van der Waals surface area contributed by atoms with Gasteiger partial charge in [-0.25, -0.2) is 0 Å². The Morgan fingerprint density at radius 2 is 2.00 bits per heavy atom. The minimum Gasteiger partial charge on any atom is -0.369 e. The van der Waals surface area contributed by atoms with Crippen molar-refractivity contribution in [1.82, 2.24) is 0 Å². The van der Waals surface area contributed by atoms with Crippen LogP contribution in [0.5, 0.6) is 0 Å². The zero-order chi connectivity index (χ0) is 13.8. The summed E-state index contributed by atoms with van der Waals surface area (Å²) in [6.45, 7) is 5.20. The molecule has 0 radical (unpaired) electrons. The molecule has 4 unspecified atom stereocenters. The molecule has 0 heterocycles. The Hall–Kier alpha value is -0.380. The predicted molar refractivity (Wildman–Crippen MR) is 83.0 cm³/mol. The summed E-state index contributed by atoms with van der Waals surface area (Å²) in [5, 5.41) is 0. The number of rotatable bonds is 4. The lowest BCUT2D eigenvalue weighted by atomic mass is 9.80. The standard InChI is InChI=1S/C16H24BrNO/c1-11-7-8-13(9-12(11)2)19-16(10-18)14-5-3-4-6-15(14)17/h3-6,11-13,16H,7-10,18H2,1-2H3. The maximum atomic E-state index is 6.27. The molecule has 4 atom stereocenters. The van der Waals surface area contributed by atoms with Crippen molar-refractivity contribution in [3.05, 3.63) is 34.3 Å². The number of halogens is 1. The van der Waals surface area contributed by atoms with Crippen LogP contribution in [-0.2, 0) is 4.74 Å². The second kappa shape index (κ2) is 6.87. The quantitative estimate of drug-likeness (QED) is 0.896. The molecule has 19 heavy (non-hydrogen) atoms. The fourth-order valence-electron chi connectivity index (χ4n) is 2.85. The molecule has 3 heteroatoms. The number of hydrogen-bond donors (Lipinski definition) is 1. The van der Waals surface area contributed by atoms with Crippen LogP contribution in [0, 0.1) is 11.8 Å². The average molecular weight is 326 g/mol. The van der Waals surface area contributed by atoms with E-state index in [0.29, 0.717) is 12.6 Å². The maximum Gasteiger partial charge on any atom is 0.0961 e. The first-order valence-corrected chi connectivity index (χ1v) is 8.01. The third kappa shape index (κ3) is 3.80. The lowest BCUT2D eigenvalue weighted by molar-refractivity contribution is -0.0451. The van der Waals surface area contributed by atoms with Crippen LogP contribution < -0.4 is 5.73 Å². The van der Waals surface area contributed by atoms with Crippen LogP contribution >= 0.6 is 15.9 Å². The molecular formula is C16H24BrNO. The summed E-state index contributed by atoms with van der Waals surface area (Å²) in [6, 6.07) is 8.20. The normalized spacial score (nSPS) is 29.2. The fraction of sp³-hybridized carbons (Fsp3) is 0.625. The molecule has 106 valence electrons. The van der Waals surface area contributed by atoms with Crippen molar-refractivity contribution in [3.8, 4) is 0 Å². The van der Waals surface area contributed by atoms with E-state index in [9.17, 15) is 0 Å². The molecule has 0 saturated heterocycles. The lowest BCUT2D eigenvalue weighted by Crippen LogP contribution is -2.30. The molecule has 0 bridgehead atoms. The Balaban J connectivity index is 2.02. The van der Waals surface area contributed by atoms with E-state index in [4.69, 9.17) is 10.5 Å². The van der Waals surface area contributed by atoms with Gasteiger partial charge in [-0.05, 0) is 42.7 Å². The fourth-order valence-corrected chi connectivity index (χ4v) is 3.39. The van der Waals surface area contributed by atoms with Crippen LogP contribution in [0.2, 0.25) is 0 Å². The van der Waals surface area contributed by atoms with Gasteiger partial charge in [0.15, 0.2) is 0 Å². The van der Waals surface area contributed by atoms with Gasteiger partial charge in [-0.1, -0.05) is 48.0 Å². The van der Waals surface area contributed by atoms with Gasteiger partial charge in [-0.2, -0.15) is 0 Å². The van der Waals surface area contributed by atoms with Crippen molar-refractivity contribution in [2.24, 2.45) is 17.6 Å². The summed E-state index contributed by atoms with van der Waals surface area (Å²) in [6.07, 6.45) is 3.93. The molecule has 2 N–H and O–H groups in total. The molecule has 1 aliphatic rings. The molecule has 0 aromatic heterocycles. The highest BCUT2D eigenvalue weighted by atomic mass is 79.9. The van der Waals surface area contributed by atoms with Crippen LogP contribution in [0.4, 0.5) is 0 Å². The Morgan fingerprint density at radius 3 is 2.63 bits per heavy atom. The lowest BCUT2D eigenvalue weighted by Gasteiger charge is -2.34. The van der Waals surface area contributed by atoms with E-state index in [1.165, 1.54) is 6.42 Å². The minimum absolute atomic E-state index is 0.00109. The average Bonchev–Trinajstić information content (AvgIpc) is 2.41. The van der Waals surface area contributed by atoms with E-state index in [2.05, 4.69) is 35.8 Å². The zero-order valence-corrected chi connectivity index (χ0v) is 13.4. The Morgan fingerprint density at radius 1 is 1.26 bits per heavy atom. The van der Waals surface area contributed by atoms with Crippen molar-refractivity contribution < 1.29 is 4.74 Å². The molecule has 2 nitrogen and oxygen atoms in total. The summed E-state index contributed by atoms with van der Waals surface area (Å²) < 4.78 is 7.36. The second-order valence-corrected chi connectivity index (χ2v) is 6.63. The van der Waals surface area contributed by atoms with E-state index in [1.54, 1.807) is 0 Å².